The molecule has 3 N–H and O–H groups in total. The summed E-state index contributed by atoms with van der Waals surface area (Å²) in [5.74, 6) is 0. The minimum Gasteiger partial charge on any atom is -0.394 e. The maximum atomic E-state index is 9.53. The molecule has 0 bridgehead atoms. The average Bonchev–Trinajstić information content (AvgIpc) is 2.50. The largest absolute Gasteiger partial charge is 0.394 e. The Morgan fingerprint density at radius 1 is 1.05 bits per heavy atom. The van der Waals surface area contributed by atoms with Gasteiger partial charge in [0.2, 0.25) is 0 Å². The fraction of sp³-hybridized carbons (Fsp3) is 0.625. The van der Waals surface area contributed by atoms with Crippen LogP contribution in [0.3, 0.4) is 0 Å². The SMILES string of the molecule is CCCCOCCOCCC(N)(CO)c1ccccc1. The Kier molecular flexibility index (Phi) is 8.46. The predicted molar refractivity (Wildman–Crippen MR) is 80.6 cm³/mol. The van der Waals surface area contributed by atoms with Crippen molar-refractivity contribution in [1.29, 1.82) is 0 Å². The van der Waals surface area contributed by atoms with Crippen LogP contribution < -0.4 is 5.73 Å². The first-order valence-electron chi connectivity index (χ1n) is 7.33. The second-order valence-corrected chi connectivity index (χ2v) is 5.01. The van der Waals surface area contributed by atoms with Gasteiger partial charge in [0.15, 0.2) is 0 Å². The van der Waals surface area contributed by atoms with Crippen molar-refractivity contribution in [3.05, 3.63) is 35.9 Å². The van der Waals surface area contributed by atoms with Crippen LogP contribution in [0.2, 0.25) is 0 Å². The van der Waals surface area contributed by atoms with Crippen molar-refractivity contribution in [2.75, 3.05) is 33.0 Å². The lowest BCUT2D eigenvalue weighted by atomic mass is 9.89. The van der Waals surface area contributed by atoms with Crippen molar-refractivity contribution in [3.63, 3.8) is 0 Å². The normalized spacial score (nSPS) is 14.2. The van der Waals surface area contributed by atoms with Crippen LogP contribution in [0.15, 0.2) is 30.3 Å². The van der Waals surface area contributed by atoms with Gasteiger partial charge in [-0.05, 0) is 18.4 Å². The first-order chi connectivity index (χ1) is 9.73. The number of nitrogens with two attached hydrogens (primary N) is 1. The van der Waals surface area contributed by atoms with Crippen LogP contribution in [-0.4, -0.2) is 38.1 Å². The van der Waals surface area contributed by atoms with Gasteiger partial charge in [0.25, 0.3) is 0 Å². The van der Waals surface area contributed by atoms with Crippen molar-refractivity contribution in [2.24, 2.45) is 5.73 Å². The number of aliphatic hydroxyl groups is 1. The molecule has 4 nitrogen and oxygen atoms in total. The molecule has 0 aromatic heterocycles. The summed E-state index contributed by atoms with van der Waals surface area (Å²) in [6.07, 6.45) is 2.82. The van der Waals surface area contributed by atoms with E-state index in [4.69, 9.17) is 15.2 Å². The molecule has 0 spiro atoms. The van der Waals surface area contributed by atoms with Gasteiger partial charge in [-0.25, -0.2) is 0 Å². The number of hydrogen-bond acceptors (Lipinski definition) is 4. The van der Waals surface area contributed by atoms with Crippen LogP contribution in [0.1, 0.15) is 31.7 Å². The third-order valence-electron chi connectivity index (χ3n) is 3.34. The van der Waals surface area contributed by atoms with Crippen LogP contribution in [-0.2, 0) is 15.0 Å². The van der Waals surface area contributed by atoms with Gasteiger partial charge in [0, 0.05) is 13.2 Å². The van der Waals surface area contributed by atoms with Gasteiger partial charge in [0.05, 0.1) is 25.4 Å². The third kappa shape index (κ3) is 6.01. The Hall–Kier alpha value is -0.940. The van der Waals surface area contributed by atoms with Crippen molar-refractivity contribution >= 4 is 0 Å². The third-order valence-corrected chi connectivity index (χ3v) is 3.34. The minimum atomic E-state index is -0.732. The Balaban J connectivity index is 2.22. The lowest BCUT2D eigenvalue weighted by Crippen LogP contribution is -2.41. The summed E-state index contributed by atoms with van der Waals surface area (Å²) in [6, 6.07) is 9.66. The van der Waals surface area contributed by atoms with Crippen molar-refractivity contribution in [2.45, 2.75) is 31.7 Å². The molecular formula is C16H27NO3. The van der Waals surface area contributed by atoms with E-state index in [2.05, 4.69) is 6.92 Å². The first kappa shape index (κ1) is 17.1. The van der Waals surface area contributed by atoms with Crippen molar-refractivity contribution in [1.82, 2.24) is 0 Å². The molecule has 114 valence electrons. The second kappa shape index (κ2) is 9.88. The Labute approximate surface area is 121 Å². The fourth-order valence-electron chi connectivity index (χ4n) is 1.91. The molecule has 1 aromatic rings. The van der Waals surface area contributed by atoms with Crippen LogP contribution >= 0.6 is 0 Å². The number of hydrogen-bond donors (Lipinski definition) is 2. The van der Waals surface area contributed by atoms with Crippen molar-refractivity contribution < 1.29 is 14.6 Å². The van der Waals surface area contributed by atoms with Gasteiger partial charge in [-0.3, -0.25) is 0 Å². The molecule has 0 fully saturated rings. The molecule has 1 rings (SSSR count). The number of aliphatic hydroxyl groups excluding tert-OH is 1. The highest BCUT2D eigenvalue weighted by Gasteiger charge is 2.25. The van der Waals surface area contributed by atoms with Gasteiger partial charge in [0.1, 0.15) is 0 Å². The maximum absolute atomic E-state index is 9.53. The smallest absolute Gasteiger partial charge is 0.0700 e. The quantitative estimate of drug-likeness (QED) is 0.609. The van der Waals surface area contributed by atoms with Gasteiger partial charge >= 0.3 is 0 Å². The number of benzene rings is 1. The highest BCUT2D eigenvalue weighted by atomic mass is 16.5. The molecule has 0 saturated carbocycles. The molecule has 20 heavy (non-hydrogen) atoms. The molecule has 0 aliphatic carbocycles. The van der Waals surface area contributed by atoms with E-state index in [1.165, 1.54) is 0 Å². The molecule has 1 atom stereocenters. The number of rotatable bonds is 11. The second-order valence-electron chi connectivity index (χ2n) is 5.01. The molecule has 0 amide bonds. The summed E-state index contributed by atoms with van der Waals surface area (Å²) < 4.78 is 10.9. The van der Waals surface area contributed by atoms with Gasteiger partial charge in [-0.1, -0.05) is 43.7 Å². The van der Waals surface area contributed by atoms with Crippen LogP contribution in [0.4, 0.5) is 0 Å². The molecule has 1 unspecified atom stereocenters. The van der Waals surface area contributed by atoms with Gasteiger partial charge in [-0.2, -0.15) is 0 Å². The molecule has 4 heteroatoms. The Bertz CT molecular complexity index is 345. The summed E-state index contributed by atoms with van der Waals surface area (Å²) in [5.41, 5.74) is 6.44. The zero-order valence-corrected chi connectivity index (χ0v) is 12.4. The van der Waals surface area contributed by atoms with Crippen LogP contribution in [0, 0.1) is 0 Å². The van der Waals surface area contributed by atoms with E-state index in [1.54, 1.807) is 0 Å². The summed E-state index contributed by atoms with van der Waals surface area (Å²) in [7, 11) is 0. The van der Waals surface area contributed by atoms with E-state index in [9.17, 15) is 5.11 Å². The lowest BCUT2D eigenvalue weighted by molar-refractivity contribution is 0.0354. The summed E-state index contributed by atoms with van der Waals surface area (Å²) >= 11 is 0. The summed E-state index contributed by atoms with van der Waals surface area (Å²) in [4.78, 5) is 0. The van der Waals surface area contributed by atoms with Crippen LogP contribution in [0.5, 0.6) is 0 Å². The summed E-state index contributed by atoms with van der Waals surface area (Å²) in [6.45, 7) is 4.54. The highest BCUT2D eigenvalue weighted by Crippen LogP contribution is 2.21. The molecule has 0 heterocycles. The molecule has 0 saturated heterocycles. The standard InChI is InChI=1S/C16H27NO3/c1-2-3-10-19-12-13-20-11-9-16(17,14-18)15-7-5-4-6-8-15/h4-8,18H,2-3,9-14,17H2,1H3. The molecule has 0 aliphatic rings. The minimum absolute atomic E-state index is 0.0899. The zero-order chi connectivity index (χ0) is 14.7. The molecular weight excluding hydrogens is 254 g/mol. The fourth-order valence-corrected chi connectivity index (χ4v) is 1.91. The van der Waals surface area contributed by atoms with E-state index >= 15 is 0 Å². The van der Waals surface area contributed by atoms with E-state index < -0.39 is 5.54 Å². The number of ether oxygens (including phenoxy) is 2. The number of unbranched alkanes of at least 4 members (excludes halogenated alkanes) is 1. The lowest BCUT2D eigenvalue weighted by Gasteiger charge is -2.27. The average molecular weight is 281 g/mol. The van der Waals surface area contributed by atoms with Gasteiger partial charge in [-0.15, -0.1) is 0 Å². The zero-order valence-electron chi connectivity index (χ0n) is 12.4. The van der Waals surface area contributed by atoms with E-state index in [1.807, 2.05) is 30.3 Å². The molecule has 1 aromatic carbocycles. The van der Waals surface area contributed by atoms with E-state index in [-0.39, 0.29) is 6.61 Å². The van der Waals surface area contributed by atoms with Crippen LogP contribution in [0.25, 0.3) is 0 Å². The topological polar surface area (TPSA) is 64.7 Å². The first-order valence-corrected chi connectivity index (χ1v) is 7.33. The highest BCUT2D eigenvalue weighted by molar-refractivity contribution is 5.23. The van der Waals surface area contributed by atoms with E-state index in [0.717, 1.165) is 25.0 Å². The Morgan fingerprint density at radius 2 is 1.70 bits per heavy atom. The van der Waals surface area contributed by atoms with Crippen molar-refractivity contribution in [3.8, 4) is 0 Å². The summed E-state index contributed by atoms with van der Waals surface area (Å²) in [5, 5.41) is 9.53. The van der Waals surface area contributed by atoms with E-state index in [0.29, 0.717) is 26.2 Å². The maximum Gasteiger partial charge on any atom is 0.0700 e. The predicted octanol–water partition coefficient (Wildman–Crippen LogP) is 2.06. The van der Waals surface area contributed by atoms with Gasteiger partial charge < -0.3 is 20.3 Å². The monoisotopic (exact) mass is 281 g/mol. The molecule has 0 aliphatic heterocycles. The Morgan fingerprint density at radius 3 is 2.30 bits per heavy atom. The molecule has 0 radical (unpaired) electrons.